The Bertz CT molecular complexity index is 465. The van der Waals surface area contributed by atoms with Crippen LogP contribution in [-0.2, 0) is 9.53 Å². The quantitative estimate of drug-likeness (QED) is 0.449. The SMILES string of the molecule is CCOC(=O)C(=O)c1cccc(OC)c1OC(C)C. The molecular formula is C14H18O5. The number of carbonyl (C=O) groups is 2. The molecule has 0 spiro atoms. The number of rotatable bonds is 6. The van der Waals surface area contributed by atoms with Gasteiger partial charge in [-0.3, -0.25) is 4.79 Å². The average Bonchev–Trinajstić information content (AvgIpc) is 2.37. The topological polar surface area (TPSA) is 61.8 Å². The first-order chi connectivity index (χ1) is 9.01. The van der Waals surface area contributed by atoms with Crippen LogP contribution in [0.5, 0.6) is 11.5 Å². The van der Waals surface area contributed by atoms with E-state index in [9.17, 15) is 9.59 Å². The van der Waals surface area contributed by atoms with Crippen LogP contribution in [0.25, 0.3) is 0 Å². The van der Waals surface area contributed by atoms with Crippen molar-refractivity contribution in [1.82, 2.24) is 0 Å². The molecule has 0 aliphatic rings. The minimum atomic E-state index is -0.899. The molecule has 0 bridgehead atoms. The van der Waals surface area contributed by atoms with E-state index in [-0.39, 0.29) is 24.0 Å². The normalized spacial score (nSPS) is 10.2. The second-order valence-electron chi connectivity index (χ2n) is 4.05. The maximum Gasteiger partial charge on any atom is 0.379 e. The first-order valence-corrected chi connectivity index (χ1v) is 6.06. The maximum atomic E-state index is 12.0. The van der Waals surface area contributed by atoms with Gasteiger partial charge in [0.25, 0.3) is 5.78 Å². The number of hydrogen-bond donors (Lipinski definition) is 0. The van der Waals surface area contributed by atoms with Crippen molar-refractivity contribution in [1.29, 1.82) is 0 Å². The van der Waals surface area contributed by atoms with Crippen LogP contribution in [0.15, 0.2) is 18.2 Å². The molecule has 0 atom stereocenters. The molecule has 0 unspecified atom stereocenters. The van der Waals surface area contributed by atoms with Gasteiger partial charge in [0.1, 0.15) is 0 Å². The molecule has 5 nitrogen and oxygen atoms in total. The summed E-state index contributed by atoms with van der Waals surface area (Å²) in [5, 5.41) is 0. The number of methoxy groups -OCH3 is 1. The van der Waals surface area contributed by atoms with E-state index in [1.807, 2.05) is 13.8 Å². The summed E-state index contributed by atoms with van der Waals surface area (Å²) >= 11 is 0. The summed E-state index contributed by atoms with van der Waals surface area (Å²) in [6, 6.07) is 4.80. The number of ether oxygens (including phenoxy) is 3. The Kier molecular flexibility index (Phi) is 5.36. The van der Waals surface area contributed by atoms with Crippen molar-refractivity contribution >= 4 is 11.8 Å². The Morgan fingerprint density at radius 1 is 1.26 bits per heavy atom. The fourth-order valence-corrected chi connectivity index (χ4v) is 1.52. The number of ketones is 1. The highest BCUT2D eigenvalue weighted by atomic mass is 16.5. The number of para-hydroxylation sites is 1. The lowest BCUT2D eigenvalue weighted by Crippen LogP contribution is -2.19. The molecule has 104 valence electrons. The summed E-state index contributed by atoms with van der Waals surface area (Å²) in [6.45, 7) is 5.44. The standard InChI is InChI=1S/C14H18O5/c1-5-18-14(16)12(15)10-7-6-8-11(17-4)13(10)19-9(2)3/h6-9H,5H2,1-4H3. The van der Waals surface area contributed by atoms with Gasteiger partial charge in [-0.25, -0.2) is 4.79 Å². The van der Waals surface area contributed by atoms with E-state index in [1.54, 1.807) is 19.1 Å². The monoisotopic (exact) mass is 266 g/mol. The van der Waals surface area contributed by atoms with E-state index >= 15 is 0 Å². The van der Waals surface area contributed by atoms with E-state index in [2.05, 4.69) is 0 Å². The highest BCUT2D eigenvalue weighted by Crippen LogP contribution is 2.32. The lowest BCUT2D eigenvalue weighted by Gasteiger charge is -2.16. The average molecular weight is 266 g/mol. The largest absolute Gasteiger partial charge is 0.493 e. The summed E-state index contributed by atoms with van der Waals surface area (Å²) in [5.74, 6) is -0.970. The third-order valence-electron chi connectivity index (χ3n) is 2.26. The number of Topliss-reactive ketones (excluding diaryl/α,β-unsaturated/α-hetero) is 1. The van der Waals surface area contributed by atoms with Crippen LogP contribution in [0.4, 0.5) is 0 Å². The van der Waals surface area contributed by atoms with Gasteiger partial charge in [0.2, 0.25) is 0 Å². The summed E-state index contributed by atoms with van der Waals surface area (Å²) in [4.78, 5) is 23.5. The van der Waals surface area contributed by atoms with Gasteiger partial charge in [0.05, 0.1) is 25.4 Å². The minimum absolute atomic E-state index is 0.145. The molecule has 0 radical (unpaired) electrons. The molecule has 1 rings (SSSR count). The number of hydrogen-bond acceptors (Lipinski definition) is 5. The van der Waals surface area contributed by atoms with Gasteiger partial charge in [-0.15, -0.1) is 0 Å². The Balaban J connectivity index is 3.18. The van der Waals surface area contributed by atoms with Crippen LogP contribution in [0.2, 0.25) is 0 Å². The van der Waals surface area contributed by atoms with Crippen LogP contribution in [0, 0.1) is 0 Å². The molecule has 0 aliphatic heterocycles. The van der Waals surface area contributed by atoms with Crippen LogP contribution < -0.4 is 9.47 Å². The molecule has 1 aromatic rings. The van der Waals surface area contributed by atoms with Crippen molar-refractivity contribution in [2.24, 2.45) is 0 Å². The van der Waals surface area contributed by atoms with Crippen molar-refractivity contribution in [3.8, 4) is 11.5 Å². The lowest BCUT2D eigenvalue weighted by molar-refractivity contribution is -0.137. The number of benzene rings is 1. The molecule has 19 heavy (non-hydrogen) atoms. The number of esters is 1. The molecule has 0 aromatic heterocycles. The fraction of sp³-hybridized carbons (Fsp3) is 0.429. The smallest absolute Gasteiger partial charge is 0.379 e. The molecule has 0 saturated carbocycles. The number of carbonyl (C=O) groups excluding carboxylic acids is 2. The lowest BCUT2D eigenvalue weighted by atomic mass is 10.1. The fourth-order valence-electron chi connectivity index (χ4n) is 1.52. The van der Waals surface area contributed by atoms with Gasteiger partial charge in [-0.2, -0.15) is 0 Å². The highest BCUT2D eigenvalue weighted by Gasteiger charge is 2.24. The summed E-state index contributed by atoms with van der Waals surface area (Å²) < 4.78 is 15.4. The Hall–Kier alpha value is -2.04. The Morgan fingerprint density at radius 3 is 2.47 bits per heavy atom. The zero-order valence-corrected chi connectivity index (χ0v) is 11.6. The van der Waals surface area contributed by atoms with Gasteiger partial charge < -0.3 is 14.2 Å². The molecule has 0 heterocycles. The van der Waals surface area contributed by atoms with Crippen LogP contribution in [0.1, 0.15) is 31.1 Å². The van der Waals surface area contributed by atoms with Crippen LogP contribution in [0.3, 0.4) is 0 Å². The highest BCUT2D eigenvalue weighted by molar-refractivity contribution is 6.41. The predicted octanol–water partition coefficient (Wildman–Crippen LogP) is 2.23. The first kappa shape index (κ1) is 15.0. The molecule has 1 aromatic carbocycles. The Labute approximate surface area is 112 Å². The van der Waals surface area contributed by atoms with Gasteiger partial charge in [0.15, 0.2) is 11.5 Å². The summed E-state index contributed by atoms with van der Waals surface area (Å²) in [7, 11) is 1.47. The van der Waals surface area contributed by atoms with Crippen molar-refractivity contribution in [3.05, 3.63) is 23.8 Å². The zero-order valence-electron chi connectivity index (χ0n) is 11.6. The molecule has 5 heteroatoms. The molecule has 0 aliphatic carbocycles. The van der Waals surface area contributed by atoms with Gasteiger partial charge >= 0.3 is 5.97 Å². The van der Waals surface area contributed by atoms with Crippen molar-refractivity contribution in [2.45, 2.75) is 26.9 Å². The Morgan fingerprint density at radius 2 is 1.95 bits per heavy atom. The second-order valence-corrected chi connectivity index (χ2v) is 4.05. The first-order valence-electron chi connectivity index (χ1n) is 6.06. The second kappa shape index (κ2) is 6.78. The van der Waals surface area contributed by atoms with E-state index in [1.165, 1.54) is 13.2 Å². The third kappa shape index (κ3) is 3.71. The summed E-state index contributed by atoms with van der Waals surface area (Å²) in [5.41, 5.74) is 0.145. The van der Waals surface area contributed by atoms with E-state index in [4.69, 9.17) is 14.2 Å². The van der Waals surface area contributed by atoms with Gasteiger partial charge in [0, 0.05) is 0 Å². The van der Waals surface area contributed by atoms with E-state index in [0.29, 0.717) is 5.75 Å². The molecule has 0 fully saturated rings. The van der Waals surface area contributed by atoms with Gasteiger partial charge in [-0.1, -0.05) is 6.07 Å². The predicted molar refractivity (Wildman–Crippen MR) is 69.7 cm³/mol. The van der Waals surface area contributed by atoms with E-state index in [0.717, 1.165) is 0 Å². The molecule has 0 amide bonds. The third-order valence-corrected chi connectivity index (χ3v) is 2.26. The van der Waals surface area contributed by atoms with Crippen molar-refractivity contribution in [2.75, 3.05) is 13.7 Å². The summed E-state index contributed by atoms with van der Waals surface area (Å²) in [6.07, 6.45) is -0.148. The molecule has 0 saturated heterocycles. The molecular weight excluding hydrogens is 248 g/mol. The van der Waals surface area contributed by atoms with Crippen LogP contribution >= 0.6 is 0 Å². The minimum Gasteiger partial charge on any atom is -0.493 e. The van der Waals surface area contributed by atoms with E-state index < -0.39 is 11.8 Å². The van der Waals surface area contributed by atoms with Crippen molar-refractivity contribution < 1.29 is 23.8 Å². The van der Waals surface area contributed by atoms with Gasteiger partial charge in [-0.05, 0) is 32.9 Å². The zero-order chi connectivity index (χ0) is 14.4. The maximum absolute atomic E-state index is 12.0. The van der Waals surface area contributed by atoms with Crippen molar-refractivity contribution in [3.63, 3.8) is 0 Å². The van der Waals surface area contributed by atoms with Crippen LogP contribution in [-0.4, -0.2) is 31.6 Å². The molecule has 0 N–H and O–H groups in total.